The number of hydrogen-bond acceptors (Lipinski definition) is 12. The van der Waals surface area contributed by atoms with Crippen LogP contribution >= 0.6 is 7.82 Å². The molecule has 0 saturated heterocycles. The third-order valence-electron chi connectivity index (χ3n) is 10.5. The number of carbonyl (C=O) groups is 2. The molecule has 0 aromatic rings. The summed E-state index contributed by atoms with van der Waals surface area (Å²) < 4.78 is 32.6. The van der Waals surface area contributed by atoms with Crippen LogP contribution in [0.4, 0.5) is 0 Å². The highest BCUT2D eigenvalue weighted by Gasteiger charge is 2.27. The number of rotatable bonds is 44. The Morgan fingerprint density at radius 3 is 1.59 bits per heavy atom. The van der Waals surface area contributed by atoms with E-state index in [9.17, 15) is 39.5 Å². The van der Waals surface area contributed by atoms with E-state index in [2.05, 4.69) is 18.4 Å². The lowest BCUT2D eigenvalue weighted by molar-refractivity contribution is -0.161. The molecule has 1 unspecified atom stereocenters. The van der Waals surface area contributed by atoms with Gasteiger partial charge in [-0.1, -0.05) is 197 Å². The van der Waals surface area contributed by atoms with Crippen molar-refractivity contribution in [1.29, 1.82) is 0 Å². The van der Waals surface area contributed by atoms with Crippen molar-refractivity contribution in [1.82, 2.24) is 0 Å². The Morgan fingerprint density at radius 1 is 0.578 bits per heavy atom. The van der Waals surface area contributed by atoms with E-state index in [0.29, 0.717) is 12.8 Å². The molecule has 0 saturated carbocycles. The predicted octanol–water partition coefficient (Wildman–Crippen LogP) is 10.2. The monoisotopic (exact) mass is 929 g/mol. The summed E-state index contributed by atoms with van der Waals surface area (Å²) in [4.78, 5) is 35.2. The van der Waals surface area contributed by atoms with Crippen LogP contribution in [0.2, 0.25) is 0 Å². The molecule has 0 radical (unpaired) electrons. The maximum absolute atomic E-state index is 12.7. The van der Waals surface area contributed by atoms with Gasteiger partial charge in [0.05, 0.1) is 38.1 Å². The van der Waals surface area contributed by atoms with Crippen LogP contribution in [0.15, 0.2) is 60.8 Å². The Hall–Kier alpha value is -2.45. The van der Waals surface area contributed by atoms with Gasteiger partial charge < -0.3 is 39.9 Å². The van der Waals surface area contributed by atoms with Crippen molar-refractivity contribution in [3.8, 4) is 0 Å². The molecular formula is C50H89O13P. The van der Waals surface area contributed by atoms with Gasteiger partial charge in [0.1, 0.15) is 12.7 Å². The maximum atomic E-state index is 12.7. The van der Waals surface area contributed by atoms with Gasteiger partial charge in [-0.15, -0.1) is 0 Å². The number of hydrogen-bond donors (Lipinski definition) is 6. The van der Waals surface area contributed by atoms with Gasteiger partial charge in [0, 0.05) is 12.8 Å². The van der Waals surface area contributed by atoms with Crippen LogP contribution in [0, 0.1) is 5.92 Å². The Bertz CT molecular complexity index is 1310. The Balaban J connectivity index is 4.47. The Labute approximate surface area is 386 Å². The maximum Gasteiger partial charge on any atom is 0.472 e. The second kappa shape index (κ2) is 43.1. The normalized spacial score (nSPS) is 15.8. The van der Waals surface area contributed by atoms with Gasteiger partial charge in [-0.05, 0) is 38.0 Å². The summed E-state index contributed by atoms with van der Waals surface area (Å²) >= 11 is 0. The van der Waals surface area contributed by atoms with Gasteiger partial charge in [-0.2, -0.15) is 0 Å². The SMILES string of the molecule is CC/C=C\C[C@@H](O)/C=C/C=C/C=C\C=C/[C@H](O)[C@@H](O)CCCC(=O)OC[C@H](COP(=O)(O)OC[C@@H](O)CO)OC(=O)CCCCCCCCCCCCCCCCCCCCC(C)C. The summed E-state index contributed by atoms with van der Waals surface area (Å²) in [6.45, 7) is 4.16. The molecule has 372 valence electrons. The standard InChI is InChI=1S/C50H89O13P/c1-4-5-26-33-44(52)34-28-23-20-21-24-29-35-47(54)48(55)36-31-38-49(56)60-41-46(42-62-64(58,59)61-40-45(53)39-51)63-50(57)37-30-25-19-17-15-13-11-9-7-6-8-10-12-14-16-18-22-27-32-43(2)3/h5,20-21,23-24,26,28-29,34-35,43-48,51-55H,4,6-19,22,25,27,30-33,36-42H2,1-3H3,(H,58,59)/b23-20+,24-21-,26-5-,34-28+,35-29-/t44-,45+,46-,47+,48+/m1/s1. The quantitative estimate of drug-likeness (QED) is 0.0111. The van der Waals surface area contributed by atoms with Crippen molar-refractivity contribution < 1.29 is 63.1 Å². The molecule has 13 nitrogen and oxygen atoms in total. The first-order valence-corrected chi connectivity index (χ1v) is 25.9. The van der Waals surface area contributed by atoms with Crippen LogP contribution in [0.5, 0.6) is 0 Å². The van der Waals surface area contributed by atoms with Crippen molar-refractivity contribution in [2.75, 3.05) is 26.4 Å². The summed E-state index contributed by atoms with van der Waals surface area (Å²) in [6.07, 6.45) is 37.0. The van der Waals surface area contributed by atoms with E-state index in [1.807, 2.05) is 19.1 Å². The number of aliphatic hydroxyl groups excluding tert-OH is 5. The molecule has 64 heavy (non-hydrogen) atoms. The van der Waals surface area contributed by atoms with Crippen molar-refractivity contribution >= 4 is 19.8 Å². The molecule has 0 bridgehead atoms. The van der Waals surface area contributed by atoms with E-state index in [0.717, 1.165) is 31.6 Å². The van der Waals surface area contributed by atoms with E-state index in [1.54, 1.807) is 42.5 Å². The van der Waals surface area contributed by atoms with Gasteiger partial charge in [0.2, 0.25) is 0 Å². The molecule has 0 amide bonds. The number of phosphoric ester groups is 1. The van der Waals surface area contributed by atoms with Gasteiger partial charge in [0.15, 0.2) is 6.10 Å². The fourth-order valence-electron chi connectivity index (χ4n) is 6.58. The third kappa shape index (κ3) is 42.2. The molecule has 0 rings (SSSR count). The van der Waals surface area contributed by atoms with E-state index >= 15 is 0 Å². The number of phosphoric acid groups is 1. The average molecular weight is 929 g/mol. The largest absolute Gasteiger partial charge is 0.472 e. The summed E-state index contributed by atoms with van der Waals surface area (Å²) in [5.41, 5.74) is 0. The van der Waals surface area contributed by atoms with Gasteiger partial charge in [-0.25, -0.2) is 4.57 Å². The molecule has 0 fully saturated rings. The average Bonchev–Trinajstić information content (AvgIpc) is 3.26. The minimum absolute atomic E-state index is 0.0934. The third-order valence-corrected chi connectivity index (χ3v) is 11.4. The number of esters is 2. The van der Waals surface area contributed by atoms with Gasteiger partial charge in [-0.3, -0.25) is 18.6 Å². The lowest BCUT2D eigenvalue weighted by atomic mass is 10.0. The first-order valence-electron chi connectivity index (χ1n) is 24.4. The fourth-order valence-corrected chi connectivity index (χ4v) is 7.37. The Morgan fingerprint density at radius 2 is 1.06 bits per heavy atom. The van der Waals surface area contributed by atoms with Crippen LogP contribution in [0.25, 0.3) is 0 Å². The Kier molecular flexibility index (Phi) is 41.5. The van der Waals surface area contributed by atoms with Crippen molar-refractivity contribution in [3.05, 3.63) is 60.8 Å². The predicted molar refractivity (Wildman–Crippen MR) is 255 cm³/mol. The molecule has 0 aliphatic carbocycles. The van der Waals surface area contributed by atoms with Crippen LogP contribution in [-0.4, -0.2) is 99.3 Å². The first kappa shape index (κ1) is 61.5. The zero-order valence-corrected chi connectivity index (χ0v) is 40.6. The first-order chi connectivity index (χ1) is 30.8. The van der Waals surface area contributed by atoms with Crippen molar-refractivity contribution in [2.24, 2.45) is 5.92 Å². The van der Waals surface area contributed by atoms with E-state index in [-0.39, 0.29) is 25.7 Å². The molecule has 0 aromatic carbocycles. The number of allylic oxidation sites excluding steroid dienone is 7. The highest BCUT2D eigenvalue weighted by molar-refractivity contribution is 7.47. The van der Waals surface area contributed by atoms with Crippen LogP contribution in [-0.2, 0) is 32.7 Å². The van der Waals surface area contributed by atoms with Gasteiger partial charge in [0.25, 0.3) is 0 Å². The van der Waals surface area contributed by atoms with Gasteiger partial charge >= 0.3 is 19.8 Å². The lowest BCUT2D eigenvalue weighted by Gasteiger charge is -2.20. The summed E-state index contributed by atoms with van der Waals surface area (Å²) in [6, 6.07) is 0. The molecule has 0 aliphatic heterocycles. The van der Waals surface area contributed by atoms with Crippen LogP contribution in [0.1, 0.15) is 181 Å². The summed E-state index contributed by atoms with van der Waals surface area (Å²) in [5.74, 6) is -0.427. The highest BCUT2D eigenvalue weighted by Crippen LogP contribution is 2.43. The summed E-state index contributed by atoms with van der Waals surface area (Å²) in [5, 5.41) is 48.8. The molecule has 6 N–H and O–H groups in total. The van der Waals surface area contributed by atoms with Crippen molar-refractivity contribution in [2.45, 2.75) is 212 Å². The van der Waals surface area contributed by atoms with Crippen LogP contribution in [0.3, 0.4) is 0 Å². The number of carbonyl (C=O) groups excluding carboxylic acids is 2. The number of aliphatic hydroxyl groups is 5. The topological polar surface area (TPSA) is 210 Å². The second-order valence-corrected chi connectivity index (χ2v) is 18.6. The molecule has 0 spiro atoms. The summed E-state index contributed by atoms with van der Waals surface area (Å²) in [7, 11) is -4.71. The minimum atomic E-state index is -4.71. The fraction of sp³-hybridized carbons (Fsp3) is 0.760. The number of unbranched alkanes of at least 4 members (excludes halogenated alkanes) is 17. The molecule has 0 aliphatic rings. The van der Waals surface area contributed by atoms with E-state index in [4.69, 9.17) is 19.1 Å². The molecule has 0 heterocycles. The molecular weight excluding hydrogens is 840 g/mol. The molecule has 14 heteroatoms. The van der Waals surface area contributed by atoms with Crippen LogP contribution < -0.4 is 0 Å². The number of ether oxygens (including phenoxy) is 2. The highest BCUT2D eigenvalue weighted by atomic mass is 31.2. The molecule has 6 atom stereocenters. The van der Waals surface area contributed by atoms with Crippen molar-refractivity contribution in [3.63, 3.8) is 0 Å². The molecule has 0 aromatic heterocycles. The van der Waals surface area contributed by atoms with E-state index < -0.39 is 76.7 Å². The lowest BCUT2D eigenvalue weighted by Crippen LogP contribution is -2.30. The zero-order chi connectivity index (χ0) is 47.5. The van der Waals surface area contributed by atoms with E-state index in [1.165, 1.54) is 102 Å². The second-order valence-electron chi connectivity index (χ2n) is 17.2. The zero-order valence-electron chi connectivity index (χ0n) is 39.7. The smallest absolute Gasteiger partial charge is 0.462 e. The minimum Gasteiger partial charge on any atom is -0.462 e.